The monoisotopic (exact) mass is 435 g/mol. The summed E-state index contributed by atoms with van der Waals surface area (Å²) < 4.78 is 34.1. The zero-order chi connectivity index (χ0) is 21.8. The van der Waals surface area contributed by atoms with Gasteiger partial charge in [-0.2, -0.15) is 0 Å². The number of ether oxygens (including phenoxy) is 1. The molecule has 0 saturated carbocycles. The third kappa shape index (κ3) is 2.88. The van der Waals surface area contributed by atoms with Gasteiger partial charge in [0.25, 0.3) is 0 Å². The van der Waals surface area contributed by atoms with E-state index in [4.69, 9.17) is 4.74 Å². The van der Waals surface area contributed by atoms with Crippen LogP contribution in [0.1, 0.15) is 22.3 Å². The number of guanidine groups is 1. The van der Waals surface area contributed by atoms with Crippen LogP contribution in [0.4, 0.5) is 8.78 Å². The predicted octanol–water partition coefficient (Wildman–Crippen LogP) is 2.11. The molecule has 2 N–H and O–H groups in total. The van der Waals surface area contributed by atoms with E-state index in [1.54, 1.807) is 29.6 Å². The number of rotatable bonds is 2. The number of hydrogen-bond donors (Lipinski definition) is 2. The molecule has 32 heavy (non-hydrogen) atoms. The lowest BCUT2D eigenvalue weighted by Crippen LogP contribution is -2.54. The van der Waals surface area contributed by atoms with Gasteiger partial charge >= 0.3 is 0 Å². The van der Waals surface area contributed by atoms with Crippen LogP contribution >= 0.6 is 0 Å². The number of aliphatic imine (C=N–C) groups is 2. The summed E-state index contributed by atoms with van der Waals surface area (Å²) in [5.74, 6) is 0.257. The SMILES string of the molecule is O=C1NCc2ccc(F)cc2C2=CNC(=NCc3c(F)ccc4c3CCO4)N3C=NC1C23. The largest absolute Gasteiger partial charge is 0.493 e. The Morgan fingerprint density at radius 2 is 2.16 bits per heavy atom. The van der Waals surface area contributed by atoms with Gasteiger partial charge in [0.2, 0.25) is 11.9 Å². The summed E-state index contributed by atoms with van der Waals surface area (Å²) in [5, 5.41) is 6.02. The number of nitrogens with one attached hydrogen (secondary N) is 2. The highest BCUT2D eigenvalue weighted by atomic mass is 19.1. The Hall–Kier alpha value is -3.75. The van der Waals surface area contributed by atoms with Gasteiger partial charge in [-0.1, -0.05) is 6.07 Å². The molecule has 2 aromatic rings. The molecule has 6 rings (SSSR count). The minimum Gasteiger partial charge on any atom is -0.493 e. The summed E-state index contributed by atoms with van der Waals surface area (Å²) >= 11 is 0. The molecule has 4 aliphatic rings. The van der Waals surface area contributed by atoms with Crippen molar-refractivity contribution in [1.29, 1.82) is 0 Å². The van der Waals surface area contributed by atoms with Crippen molar-refractivity contribution < 1.29 is 18.3 Å². The molecule has 4 aliphatic heterocycles. The smallest absolute Gasteiger partial charge is 0.247 e. The van der Waals surface area contributed by atoms with Crippen molar-refractivity contribution in [2.75, 3.05) is 6.61 Å². The number of nitrogens with zero attached hydrogens (tertiary/aromatic N) is 3. The first-order valence-electron chi connectivity index (χ1n) is 10.4. The molecule has 9 heteroatoms. The van der Waals surface area contributed by atoms with Crippen LogP contribution in [0.15, 0.2) is 46.5 Å². The number of carbonyl (C=O) groups is 1. The van der Waals surface area contributed by atoms with Crippen molar-refractivity contribution >= 4 is 23.8 Å². The molecule has 2 unspecified atom stereocenters. The standard InChI is InChI=1S/C23H19F2N5O2/c24-13-2-1-12-8-26-22(31)20-21-17(15(12)7-13)10-28-23(30(21)11-29-20)27-9-16-14-5-6-32-19(14)4-3-18(16)25/h1-4,7,10-11,20-21H,5-6,8-9H2,(H,26,31)(H,27,28). The van der Waals surface area contributed by atoms with Gasteiger partial charge in [-0.25, -0.2) is 13.8 Å². The van der Waals surface area contributed by atoms with Crippen LogP contribution < -0.4 is 15.4 Å². The molecule has 7 nitrogen and oxygen atoms in total. The van der Waals surface area contributed by atoms with Crippen molar-refractivity contribution in [3.8, 4) is 5.75 Å². The molecule has 0 aliphatic carbocycles. The number of halogens is 2. The number of fused-ring (bicyclic) bond motifs is 3. The van der Waals surface area contributed by atoms with Crippen molar-refractivity contribution in [2.24, 2.45) is 9.98 Å². The molecule has 0 fully saturated rings. The zero-order valence-electron chi connectivity index (χ0n) is 16.9. The quantitative estimate of drug-likeness (QED) is 0.758. The second-order valence-electron chi connectivity index (χ2n) is 8.07. The average molecular weight is 435 g/mol. The minimum atomic E-state index is -0.684. The van der Waals surface area contributed by atoms with E-state index in [1.807, 2.05) is 0 Å². The third-order valence-corrected chi connectivity index (χ3v) is 6.30. The first-order chi connectivity index (χ1) is 15.6. The summed E-state index contributed by atoms with van der Waals surface area (Å²) in [7, 11) is 0. The molecule has 0 radical (unpaired) electrons. The van der Waals surface area contributed by atoms with Crippen LogP contribution in [-0.4, -0.2) is 41.8 Å². The van der Waals surface area contributed by atoms with Crippen LogP contribution in [0.2, 0.25) is 0 Å². The normalized spacial score (nSPS) is 23.9. The van der Waals surface area contributed by atoms with E-state index in [0.717, 1.165) is 16.7 Å². The molecule has 2 atom stereocenters. The van der Waals surface area contributed by atoms with Crippen LogP contribution in [0, 0.1) is 11.6 Å². The summed E-state index contributed by atoms with van der Waals surface area (Å²) in [4.78, 5) is 23.5. The van der Waals surface area contributed by atoms with Gasteiger partial charge in [0.15, 0.2) is 6.04 Å². The molecule has 4 heterocycles. The van der Waals surface area contributed by atoms with Gasteiger partial charge in [0, 0.05) is 35.9 Å². The molecule has 1 amide bonds. The lowest BCUT2D eigenvalue weighted by molar-refractivity contribution is -0.122. The molecule has 162 valence electrons. The molecular weight excluding hydrogens is 416 g/mol. The molecule has 0 aromatic heterocycles. The van der Waals surface area contributed by atoms with Crippen molar-refractivity contribution in [1.82, 2.24) is 15.5 Å². The van der Waals surface area contributed by atoms with E-state index in [1.165, 1.54) is 18.2 Å². The van der Waals surface area contributed by atoms with Crippen LogP contribution in [-0.2, 0) is 24.3 Å². The number of amides is 1. The summed E-state index contributed by atoms with van der Waals surface area (Å²) in [6.45, 7) is 0.940. The Bertz CT molecular complexity index is 1240. The Morgan fingerprint density at radius 1 is 1.25 bits per heavy atom. The van der Waals surface area contributed by atoms with E-state index in [9.17, 15) is 13.6 Å². The van der Waals surface area contributed by atoms with E-state index < -0.39 is 12.1 Å². The van der Waals surface area contributed by atoms with Crippen LogP contribution in [0.5, 0.6) is 5.75 Å². The zero-order valence-corrected chi connectivity index (χ0v) is 16.9. The van der Waals surface area contributed by atoms with E-state index >= 15 is 0 Å². The second kappa shape index (κ2) is 7.15. The van der Waals surface area contributed by atoms with Gasteiger partial charge < -0.3 is 15.4 Å². The Kier molecular flexibility index (Phi) is 4.24. The van der Waals surface area contributed by atoms with Gasteiger partial charge in [-0.15, -0.1) is 0 Å². The Balaban J connectivity index is 1.39. The molecule has 0 saturated heterocycles. The fourth-order valence-corrected chi connectivity index (χ4v) is 4.73. The topological polar surface area (TPSA) is 78.3 Å². The molecule has 2 aromatic carbocycles. The molecule has 0 spiro atoms. The molecular formula is C23H19F2N5O2. The summed E-state index contributed by atoms with van der Waals surface area (Å²) in [6.07, 6.45) is 3.95. The summed E-state index contributed by atoms with van der Waals surface area (Å²) in [5.41, 5.74) is 3.63. The highest BCUT2D eigenvalue weighted by Gasteiger charge is 2.44. The lowest BCUT2D eigenvalue weighted by Gasteiger charge is -2.36. The van der Waals surface area contributed by atoms with E-state index in [2.05, 4.69) is 20.6 Å². The number of benzene rings is 2. The average Bonchev–Trinajstić information content (AvgIpc) is 3.44. The van der Waals surface area contributed by atoms with Gasteiger partial charge in [-0.3, -0.25) is 14.7 Å². The van der Waals surface area contributed by atoms with Crippen molar-refractivity contribution in [3.63, 3.8) is 0 Å². The van der Waals surface area contributed by atoms with Crippen molar-refractivity contribution in [3.05, 3.63) is 70.4 Å². The van der Waals surface area contributed by atoms with Crippen LogP contribution in [0.3, 0.4) is 0 Å². The fourth-order valence-electron chi connectivity index (χ4n) is 4.73. The number of carbonyl (C=O) groups excluding carboxylic acids is 1. The van der Waals surface area contributed by atoms with Crippen molar-refractivity contribution in [2.45, 2.75) is 31.6 Å². The first kappa shape index (κ1) is 19.0. The van der Waals surface area contributed by atoms with Gasteiger partial charge in [0.05, 0.1) is 25.5 Å². The minimum absolute atomic E-state index is 0.114. The maximum absolute atomic E-state index is 14.5. The van der Waals surface area contributed by atoms with Gasteiger partial charge in [-0.05, 0) is 35.4 Å². The first-order valence-corrected chi connectivity index (χ1v) is 10.4. The van der Waals surface area contributed by atoms with E-state index in [0.29, 0.717) is 42.4 Å². The molecule has 0 bridgehead atoms. The fraction of sp³-hybridized carbons (Fsp3) is 0.261. The van der Waals surface area contributed by atoms with E-state index in [-0.39, 0.29) is 24.1 Å². The highest BCUT2D eigenvalue weighted by molar-refractivity contribution is 6.03. The summed E-state index contributed by atoms with van der Waals surface area (Å²) in [6, 6.07) is 6.41. The van der Waals surface area contributed by atoms with Crippen LogP contribution in [0.25, 0.3) is 5.57 Å². The maximum Gasteiger partial charge on any atom is 0.247 e. The van der Waals surface area contributed by atoms with Gasteiger partial charge in [0.1, 0.15) is 17.4 Å². The Morgan fingerprint density at radius 3 is 3.06 bits per heavy atom. The second-order valence-corrected chi connectivity index (χ2v) is 8.07. The predicted molar refractivity (Wildman–Crippen MR) is 114 cm³/mol. The lowest BCUT2D eigenvalue weighted by atomic mass is 9.87. The Labute approximate surface area is 182 Å². The maximum atomic E-state index is 14.5. The third-order valence-electron chi connectivity index (χ3n) is 6.30. The number of hydrogen-bond acceptors (Lipinski definition) is 4. The highest BCUT2D eigenvalue weighted by Crippen LogP contribution is 2.35.